The molecular weight excluding hydrogens is 649 g/mol. The first-order chi connectivity index (χ1) is 18.5. The molecule has 12 nitrogen and oxygen atoms in total. The Bertz CT molecular complexity index is 951. The van der Waals surface area contributed by atoms with Crippen LogP contribution in [0.2, 0.25) is 0 Å². The fourth-order valence-electron chi connectivity index (χ4n) is 2.26. The van der Waals surface area contributed by atoms with E-state index in [9.17, 15) is 28.8 Å². The lowest BCUT2D eigenvalue weighted by atomic mass is 10.3. The first-order valence-electron chi connectivity index (χ1n) is 10.8. The molecule has 1 heterocycles. The molecule has 4 atom stereocenters. The van der Waals surface area contributed by atoms with Crippen LogP contribution in [0.1, 0.15) is 19.3 Å². The first-order valence-corrected chi connectivity index (χ1v) is 17.5. The molecule has 0 saturated heterocycles. The SMILES string of the molecule is COC(=O)C(CSSC(=O)[C@@H](N)CS)NC(=O)c1ccc(C(=O)NC(CSSC(=O)[C@@H](N)CS)C(=O)OC)s1. The molecule has 1 rings (SSSR count). The number of carbonyl (C=O) groups is 6. The monoisotopic (exact) mass is 676 g/mol. The number of rotatable bonds is 16. The van der Waals surface area contributed by atoms with Crippen molar-refractivity contribution in [1.29, 1.82) is 0 Å². The van der Waals surface area contributed by atoms with E-state index < -0.39 is 47.9 Å². The zero-order valence-corrected chi connectivity index (χ0v) is 26.5. The fourth-order valence-corrected chi connectivity index (χ4v) is 7.80. The van der Waals surface area contributed by atoms with Gasteiger partial charge in [0.1, 0.15) is 12.1 Å². The number of nitrogens with one attached hydrogen (secondary N) is 2. The van der Waals surface area contributed by atoms with Gasteiger partial charge in [0.25, 0.3) is 11.8 Å². The molecule has 0 radical (unpaired) electrons. The smallest absolute Gasteiger partial charge is 0.329 e. The molecule has 2 amide bonds. The molecule has 0 aliphatic carbocycles. The van der Waals surface area contributed by atoms with Gasteiger partial charge in [-0.25, -0.2) is 9.59 Å². The third-order valence-corrected chi connectivity index (χ3v) is 10.9. The largest absolute Gasteiger partial charge is 0.467 e. The molecule has 0 spiro atoms. The van der Waals surface area contributed by atoms with Crippen molar-refractivity contribution in [2.24, 2.45) is 11.5 Å². The molecule has 1 aromatic heterocycles. The van der Waals surface area contributed by atoms with Gasteiger partial charge in [0.2, 0.25) is 10.2 Å². The topological polar surface area (TPSA) is 197 Å². The zero-order valence-electron chi connectivity index (χ0n) is 20.6. The summed E-state index contributed by atoms with van der Waals surface area (Å²) in [5.74, 6) is -2.36. The lowest BCUT2D eigenvalue weighted by Gasteiger charge is -2.16. The van der Waals surface area contributed by atoms with Crippen molar-refractivity contribution in [2.45, 2.75) is 24.2 Å². The van der Waals surface area contributed by atoms with E-state index in [-0.39, 0.29) is 43.0 Å². The van der Waals surface area contributed by atoms with E-state index in [2.05, 4.69) is 35.9 Å². The molecule has 39 heavy (non-hydrogen) atoms. The van der Waals surface area contributed by atoms with Crippen LogP contribution < -0.4 is 22.1 Å². The van der Waals surface area contributed by atoms with Crippen LogP contribution in [0.3, 0.4) is 0 Å². The second-order valence-corrected chi connectivity index (χ2v) is 13.7. The second-order valence-electron chi connectivity index (χ2n) is 7.21. The number of thiophene rings is 1. The van der Waals surface area contributed by atoms with Crippen LogP contribution in [0.15, 0.2) is 12.1 Å². The fraction of sp³-hybridized carbons (Fsp3) is 0.500. The summed E-state index contributed by atoms with van der Waals surface area (Å²) in [6, 6.07) is -0.900. The highest BCUT2D eigenvalue weighted by molar-refractivity contribution is 8.82. The molecule has 218 valence electrons. The van der Waals surface area contributed by atoms with Crippen molar-refractivity contribution in [1.82, 2.24) is 10.6 Å². The van der Waals surface area contributed by atoms with E-state index in [4.69, 9.17) is 20.9 Å². The summed E-state index contributed by atoms with van der Waals surface area (Å²) in [6.07, 6.45) is 0. The Balaban J connectivity index is 2.79. The van der Waals surface area contributed by atoms with Crippen LogP contribution in [0.5, 0.6) is 0 Å². The molecular formula is C20H28N4O8S7. The van der Waals surface area contributed by atoms with Crippen LogP contribution >= 0.6 is 79.8 Å². The quantitative estimate of drug-likeness (QED) is 0.0810. The number of ether oxygens (including phenoxy) is 2. The van der Waals surface area contributed by atoms with Crippen molar-refractivity contribution in [3.63, 3.8) is 0 Å². The van der Waals surface area contributed by atoms with Crippen LogP contribution in [-0.2, 0) is 28.7 Å². The Morgan fingerprint density at radius 2 is 1.15 bits per heavy atom. The van der Waals surface area contributed by atoms with Crippen molar-refractivity contribution in [2.75, 3.05) is 37.2 Å². The minimum absolute atomic E-state index is 0.0186. The predicted molar refractivity (Wildman–Crippen MR) is 165 cm³/mol. The minimum atomic E-state index is -1.07. The average Bonchev–Trinajstić information content (AvgIpc) is 3.44. The van der Waals surface area contributed by atoms with Crippen molar-refractivity contribution < 1.29 is 38.2 Å². The highest BCUT2D eigenvalue weighted by atomic mass is 33.1. The Hall–Kier alpha value is -1.06. The maximum Gasteiger partial charge on any atom is 0.329 e. The van der Waals surface area contributed by atoms with Gasteiger partial charge >= 0.3 is 11.9 Å². The summed E-state index contributed by atoms with van der Waals surface area (Å²) in [4.78, 5) is 73.7. The standard InChI is InChI=1S/C20H28N4O8S7/c1-31-17(27)11(7-35-38-19(29)9(21)5-33)23-15(25)13-3-4-14(37-13)16(26)24-12(18(28)32-2)8-36-39-20(30)10(22)6-34/h3-4,9-12,33-34H,5-8,21-22H2,1-2H3,(H,23,25)(H,24,26)/t9-,10-,11?,12?/m0/s1. The molecule has 2 unspecified atom stereocenters. The molecule has 0 aromatic carbocycles. The average molecular weight is 677 g/mol. The summed E-state index contributed by atoms with van der Waals surface area (Å²) in [6.45, 7) is 0. The van der Waals surface area contributed by atoms with Crippen molar-refractivity contribution in [3.8, 4) is 0 Å². The van der Waals surface area contributed by atoms with Gasteiger partial charge in [0, 0.05) is 23.0 Å². The zero-order chi connectivity index (χ0) is 29.5. The third-order valence-electron chi connectivity index (χ3n) is 4.39. The molecule has 19 heteroatoms. The van der Waals surface area contributed by atoms with Crippen molar-refractivity contribution >= 4 is 114 Å². The van der Waals surface area contributed by atoms with Gasteiger partial charge in [0.05, 0.1) is 36.1 Å². The van der Waals surface area contributed by atoms with Crippen LogP contribution in [0.25, 0.3) is 0 Å². The van der Waals surface area contributed by atoms with Gasteiger partial charge in [0.15, 0.2) is 0 Å². The highest BCUT2D eigenvalue weighted by Gasteiger charge is 2.27. The number of amides is 2. The molecule has 0 aliphatic rings. The van der Waals surface area contributed by atoms with Gasteiger partial charge < -0.3 is 31.6 Å². The molecule has 6 N–H and O–H groups in total. The van der Waals surface area contributed by atoms with Crippen LogP contribution in [0, 0.1) is 0 Å². The third kappa shape index (κ3) is 12.6. The minimum Gasteiger partial charge on any atom is -0.467 e. The van der Waals surface area contributed by atoms with Gasteiger partial charge in [-0.15, -0.1) is 11.3 Å². The van der Waals surface area contributed by atoms with Gasteiger partial charge in [-0.1, -0.05) is 21.6 Å². The van der Waals surface area contributed by atoms with Crippen LogP contribution in [0.4, 0.5) is 0 Å². The van der Waals surface area contributed by atoms with Crippen LogP contribution in [-0.4, -0.2) is 95.4 Å². The summed E-state index contributed by atoms with van der Waals surface area (Å²) >= 11 is 8.76. The van der Waals surface area contributed by atoms with E-state index >= 15 is 0 Å². The normalized spacial score (nSPS) is 13.9. The predicted octanol–water partition coefficient (Wildman–Crippen LogP) is 0.621. The molecule has 0 fully saturated rings. The Morgan fingerprint density at radius 3 is 1.46 bits per heavy atom. The number of hydrogen-bond acceptors (Lipinski definition) is 17. The number of esters is 2. The highest BCUT2D eigenvalue weighted by Crippen LogP contribution is 2.26. The summed E-state index contributed by atoms with van der Waals surface area (Å²) in [5, 5.41) is 4.39. The first kappa shape index (κ1) is 36.0. The number of thiol groups is 2. The lowest BCUT2D eigenvalue weighted by Crippen LogP contribution is -2.43. The molecule has 1 aromatic rings. The van der Waals surface area contributed by atoms with Crippen molar-refractivity contribution in [3.05, 3.63) is 21.9 Å². The molecule has 0 aliphatic heterocycles. The van der Waals surface area contributed by atoms with E-state index in [1.807, 2.05) is 0 Å². The van der Waals surface area contributed by atoms with E-state index in [1.165, 1.54) is 12.1 Å². The second kappa shape index (κ2) is 19.1. The molecule has 0 bridgehead atoms. The summed E-state index contributed by atoms with van der Waals surface area (Å²) in [5.41, 5.74) is 11.2. The van der Waals surface area contributed by atoms with Gasteiger partial charge in [-0.3, -0.25) is 19.2 Å². The van der Waals surface area contributed by atoms with E-state index in [1.54, 1.807) is 0 Å². The van der Waals surface area contributed by atoms with E-state index in [0.717, 1.165) is 68.7 Å². The summed E-state index contributed by atoms with van der Waals surface area (Å²) < 4.78 is 9.45. The maximum atomic E-state index is 12.7. The number of methoxy groups -OCH3 is 2. The Kier molecular flexibility index (Phi) is 17.6. The molecule has 0 saturated carbocycles. The van der Waals surface area contributed by atoms with Gasteiger partial charge in [-0.2, -0.15) is 25.3 Å². The Morgan fingerprint density at radius 1 is 0.795 bits per heavy atom. The maximum absolute atomic E-state index is 12.7. The number of carbonyl (C=O) groups excluding carboxylic acids is 6. The summed E-state index contributed by atoms with van der Waals surface area (Å²) in [7, 11) is 6.05. The van der Waals surface area contributed by atoms with E-state index in [0.29, 0.717) is 0 Å². The van der Waals surface area contributed by atoms with Gasteiger partial charge in [-0.05, 0) is 33.7 Å². The lowest BCUT2D eigenvalue weighted by molar-refractivity contribution is -0.143. The Labute approximate surface area is 255 Å². The number of hydrogen-bond donors (Lipinski definition) is 6. The number of nitrogens with two attached hydrogens (primary N) is 2.